The number of nitrogens with zero attached hydrogens (tertiary/aromatic N) is 4. The van der Waals surface area contributed by atoms with E-state index >= 15 is 0 Å². The highest BCUT2D eigenvalue weighted by molar-refractivity contribution is 6.65. The van der Waals surface area contributed by atoms with E-state index in [0.29, 0.717) is 5.29 Å². The molecule has 0 saturated heterocycles. The number of aliphatic imine (C=N–C) groups is 2. The fourth-order valence-corrected chi connectivity index (χ4v) is 1.50. The molecule has 0 radical (unpaired) electrons. The van der Waals surface area contributed by atoms with E-state index in [1.807, 2.05) is 18.9 Å². The van der Waals surface area contributed by atoms with Crippen LogP contribution in [0, 0.1) is 0 Å². The summed E-state index contributed by atoms with van der Waals surface area (Å²) in [6.45, 7) is 5.77. The van der Waals surface area contributed by atoms with Crippen molar-refractivity contribution in [3.05, 3.63) is 0 Å². The molecule has 4 nitrogen and oxygen atoms in total. The fourth-order valence-electron chi connectivity index (χ4n) is 1.06. The second-order valence-electron chi connectivity index (χ2n) is 2.46. The molecule has 1 heterocycles. The molecule has 1 rings (SSSR count). The van der Waals surface area contributed by atoms with E-state index in [-0.39, 0.29) is 0 Å². The van der Waals surface area contributed by atoms with Crippen LogP contribution < -0.4 is 0 Å². The summed E-state index contributed by atoms with van der Waals surface area (Å²) in [6.07, 6.45) is 1.60. The summed E-state index contributed by atoms with van der Waals surface area (Å²) in [7, 11) is 0. The predicted octanol–water partition coefficient (Wildman–Crippen LogP) is 1.70. The van der Waals surface area contributed by atoms with Crippen LogP contribution >= 0.6 is 23.2 Å². The zero-order chi connectivity index (χ0) is 9.84. The second-order valence-corrected chi connectivity index (χ2v) is 3.19. The number of rotatable bonds is 3. The second kappa shape index (κ2) is 4.79. The molecule has 1 atom stereocenters. The smallest absolute Gasteiger partial charge is 0.219 e. The van der Waals surface area contributed by atoms with Gasteiger partial charge in [0, 0.05) is 13.1 Å². The highest BCUT2D eigenvalue weighted by atomic mass is 35.5. The van der Waals surface area contributed by atoms with Crippen molar-refractivity contribution >= 4 is 34.8 Å². The molecule has 1 unspecified atom stereocenters. The van der Waals surface area contributed by atoms with Crippen LogP contribution in [0.1, 0.15) is 13.8 Å². The third kappa shape index (κ3) is 2.56. The van der Waals surface area contributed by atoms with Gasteiger partial charge in [-0.2, -0.15) is 0 Å². The maximum Gasteiger partial charge on any atom is 0.219 e. The van der Waals surface area contributed by atoms with Gasteiger partial charge in [0.2, 0.25) is 10.9 Å². The van der Waals surface area contributed by atoms with Gasteiger partial charge in [-0.3, -0.25) is 0 Å². The number of amidine groups is 1. The monoisotopic (exact) mass is 222 g/mol. The molecule has 0 fully saturated rings. The van der Waals surface area contributed by atoms with Gasteiger partial charge in [0.25, 0.3) is 0 Å². The molecule has 0 N–H and O–H groups in total. The third-order valence-corrected chi connectivity index (χ3v) is 2.22. The lowest BCUT2D eigenvalue weighted by atomic mass is 10.6. The van der Waals surface area contributed by atoms with Crippen LogP contribution in [-0.2, 0) is 0 Å². The van der Waals surface area contributed by atoms with Crippen molar-refractivity contribution in [1.29, 1.82) is 0 Å². The number of halogens is 2. The van der Waals surface area contributed by atoms with E-state index in [1.54, 1.807) is 11.3 Å². The largest absolute Gasteiger partial charge is 0.237 e. The number of hydrazine groups is 1. The van der Waals surface area contributed by atoms with Crippen molar-refractivity contribution in [1.82, 2.24) is 10.0 Å². The molecule has 1 aliphatic heterocycles. The zero-order valence-electron chi connectivity index (χ0n) is 7.61. The Morgan fingerprint density at radius 3 is 2.62 bits per heavy atom. The van der Waals surface area contributed by atoms with Crippen LogP contribution in [-0.4, -0.2) is 40.4 Å². The molecule has 6 heteroatoms. The Kier molecular flexibility index (Phi) is 3.96. The van der Waals surface area contributed by atoms with Crippen LogP contribution in [0.3, 0.4) is 0 Å². The first-order valence-corrected chi connectivity index (χ1v) is 4.95. The van der Waals surface area contributed by atoms with Crippen LogP contribution in [0.15, 0.2) is 9.98 Å². The Bertz CT molecular complexity index is 225. The maximum atomic E-state index is 5.89. The van der Waals surface area contributed by atoms with Crippen LogP contribution in [0.5, 0.6) is 0 Å². The minimum Gasteiger partial charge on any atom is -0.237 e. The van der Waals surface area contributed by atoms with Gasteiger partial charge in [-0.15, -0.1) is 0 Å². The zero-order valence-corrected chi connectivity index (χ0v) is 9.13. The van der Waals surface area contributed by atoms with E-state index < -0.39 is 5.62 Å². The molecular formula is C7H12Cl2N4. The first kappa shape index (κ1) is 10.8. The average molecular weight is 223 g/mol. The van der Waals surface area contributed by atoms with E-state index in [1.165, 1.54) is 0 Å². The first-order chi connectivity index (χ1) is 6.19. The maximum absolute atomic E-state index is 5.89. The van der Waals surface area contributed by atoms with Gasteiger partial charge in [-0.25, -0.2) is 20.0 Å². The predicted molar refractivity (Wildman–Crippen MR) is 56.2 cm³/mol. The number of alkyl halides is 1. The van der Waals surface area contributed by atoms with Gasteiger partial charge in [-0.05, 0) is 11.6 Å². The van der Waals surface area contributed by atoms with E-state index in [0.717, 1.165) is 13.1 Å². The Morgan fingerprint density at radius 1 is 1.54 bits per heavy atom. The summed E-state index contributed by atoms with van der Waals surface area (Å²) in [4.78, 5) is 7.85. The van der Waals surface area contributed by atoms with Gasteiger partial charge in [-0.1, -0.05) is 25.4 Å². The number of hydrogen-bond acceptors (Lipinski definition) is 4. The normalized spacial score (nSPS) is 22.4. The highest BCUT2D eigenvalue weighted by Crippen LogP contribution is 2.11. The first-order valence-electron chi connectivity index (χ1n) is 4.13. The molecule has 0 aromatic rings. The lowest BCUT2D eigenvalue weighted by Gasteiger charge is -2.31. The van der Waals surface area contributed by atoms with Crippen molar-refractivity contribution in [2.75, 3.05) is 13.1 Å². The lowest BCUT2D eigenvalue weighted by molar-refractivity contribution is 0.134. The molecule has 0 aliphatic carbocycles. The molecule has 0 bridgehead atoms. The van der Waals surface area contributed by atoms with E-state index in [9.17, 15) is 0 Å². The van der Waals surface area contributed by atoms with Gasteiger partial charge < -0.3 is 0 Å². The Balaban J connectivity index is 2.70. The SMILES string of the molecule is CCN(CC)N1C=NC(Cl)N=C1Cl. The third-order valence-electron chi connectivity index (χ3n) is 1.74. The molecule has 0 saturated carbocycles. The fraction of sp³-hybridized carbons (Fsp3) is 0.714. The molecule has 0 spiro atoms. The van der Waals surface area contributed by atoms with Crippen molar-refractivity contribution in [2.45, 2.75) is 19.5 Å². The van der Waals surface area contributed by atoms with Gasteiger partial charge in [0.15, 0.2) is 0 Å². The summed E-state index contributed by atoms with van der Waals surface area (Å²) in [5.41, 5.74) is -0.584. The summed E-state index contributed by atoms with van der Waals surface area (Å²) >= 11 is 11.5. The topological polar surface area (TPSA) is 31.2 Å². The van der Waals surface area contributed by atoms with Gasteiger partial charge in [0.05, 0.1) is 0 Å². The Morgan fingerprint density at radius 2 is 2.15 bits per heavy atom. The average Bonchev–Trinajstić information content (AvgIpc) is 2.10. The molecule has 13 heavy (non-hydrogen) atoms. The molecule has 1 aliphatic rings. The summed E-state index contributed by atoms with van der Waals surface area (Å²) in [5.74, 6) is 0. The van der Waals surface area contributed by atoms with E-state index in [4.69, 9.17) is 23.2 Å². The summed E-state index contributed by atoms with van der Waals surface area (Å²) in [5, 5.41) is 4.05. The summed E-state index contributed by atoms with van der Waals surface area (Å²) < 4.78 is 0. The van der Waals surface area contributed by atoms with Crippen LogP contribution in [0.4, 0.5) is 0 Å². The van der Waals surface area contributed by atoms with Crippen molar-refractivity contribution in [3.63, 3.8) is 0 Å². The number of hydrogen-bond donors (Lipinski definition) is 0. The Hall–Kier alpha value is -0.320. The molecule has 0 aromatic heterocycles. The van der Waals surface area contributed by atoms with Crippen molar-refractivity contribution < 1.29 is 0 Å². The standard InChI is InChI=1S/C7H12Cl2N4/c1-3-12(4-2)13-5-10-6(8)11-7(13)9/h5-6H,3-4H2,1-2H3. The van der Waals surface area contributed by atoms with Crippen LogP contribution in [0.2, 0.25) is 0 Å². The van der Waals surface area contributed by atoms with Crippen molar-refractivity contribution in [3.8, 4) is 0 Å². The molecular weight excluding hydrogens is 211 g/mol. The quantitative estimate of drug-likeness (QED) is 0.538. The lowest BCUT2D eigenvalue weighted by Crippen LogP contribution is -2.45. The minimum atomic E-state index is -0.584. The minimum absolute atomic E-state index is 0.360. The van der Waals surface area contributed by atoms with Crippen molar-refractivity contribution in [2.24, 2.45) is 9.98 Å². The van der Waals surface area contributed by atoms with E-state index in [2.05, 4.69) is 9.98 Å². The molecule has 0 aromatic carbocycles. The van der Waals surface area contributed by atoms with Gasteiger partial charge >= 0.3 is 0 Å². The van der Waals surface area contributed by atoms with Gasteiger partial charge in [0.1, 0.15) is 6.34 Å². The Labute approximate surface area is 87.8 Å². The molecule has 74 valence electrons. The molecule has 0 amide bonds. The summed E-state index contributed by atoms with van der Waals surface area (Å²) in [6, 6.07) is 0. The highest BCUT2D eigenvalue weighted by Gasteiger charge is 2.18. The van der Waals surface area contributed by atoms with Crippen LogP contribution in [0.25, 0.3) is 0 Å².